The number of halogens is 1. The van der Waals surface area contributed by atoms with Gasteiger partial charge in [0.15, 0.2) is 11.5 Å². The maximum atomic E-state index is 12.2. The summed E-state index contributed by atoms with van der Waals surface area (Å²) < 4.78 is 36.2. The van der Waals surface area contributed by atoms with Crippen LogP contribution < -0.4 is 14.8 Å². The van der Waals surface area contributed by atoms with Crippen molar-refractivity contribution in [2.24, 2.45) is 10.3 Å². The summed E-state index contributed by atoms with van der Waals surface area (Å²) in [5.74, 6) is 6.40. The van der Waals surface area contributed by atoms with E-state index >= 15 is 0 Å². The van der Waals surface area contributed by atoms with Crippen LogP contribution in [0.3, 0.4) is 0 Å². The predicted molar refractivity (Wildman–Crippen MR) is 124 cm³/mol. The molecular weight excluding hydrogens is 452 g/mol. The smallest absolute Gasteiger partial charge is 0.311 e. The molecule has 0 aliphatic carbocycles. The monoisotopic (exact) mass is 476 g/mol. The van der Waals surface area contributed by atoms with Gasteiger partial charge in [-0.3, -0.25) is 4.79 Å². The number of ether oxygens (including phenoxy) is 2. The van der Waals surface area contributed by atoms with E-state index in [0.29, 0.717) is 29.5 Å². The molecule has 0 spiro atoms. The number of carbonyl (C=O) groups is 1. The predicted octanol–water partition coefficient (Wildman–Crippen LogP) is 3.53. The van der Waals surface area contributed by atoms with Gasteiger partial charge in [-0.05, 0) is 54.3 Å². The molecule has 1 unspecified atom stereocenters. The third-order valence-corrected chi connectivity index (χ3v) is 5.07. The first-order chi connectivity index (χ1) is 15.3. The van der Waals surface area contributed by atoms with Gasteiger partial charge >= 0.3 is 10.5 Å². The Labute approximate surface area is 194 Å². The van der Waals surface area contributed by atoms with Gasteiger partial charge in [0, 0.05) is 17.1 Å². The standard InChI is InChI=1S/C23H25ClN2O5S/c1-16(2)22(26-32(28)29)23(27)25-13-12-18-8-11-20(21(15-18)30-3)31-14-4-5-17-6-9-19(24)10-7-17/h6-11,15-16,22H,12-14H2,1-3H3,(H,25,27). The van der Waals surface area contributed by atoms with E-state index in [1.54, 1.807) is 39.2 Å². The van der Waals surface area contributed by atoms with Gasteiger partial charge in [0.1, 0.15) is 12.6 Å². The largest absolute Gasteiger partial charge is 0.493 e. The molecule has 9 heteroatoms. The number of methoxy groups -OCH3 is 1. The van der Waals surface area contributed by atoms with E-state index in [9.17, 15) is 13.2 Å². The van der Waals surface area contributed by atoms with E-state index in [1.807, 2.05) is 24.3 Å². The molecule has 2 aromatic rings. The van der Waals surface area contributed by atoms with Gasteiger partial charge in [0.05, 0.1) is 7.11 Å². The average molecular weight is 477 g/mol. The van der Waals surface area contributed by atoms with Gasteiger partial charge in [0.25, 0.3) is 0 Å². The minimum Gasteiger partial charge on any atom is -0.493 e. The Kier molecular flexibility index (Phi) is 10.1. The number of nitrogens with one attached hydrogen (secondary N) is 1. The molecule has 7 nitrogen and oxygen atoms in total. The number of hydrogen-bond acceptors (Lipinski definition) is 6. The molecule has 0 heterocycles. The number of nitrogens with zero attached hydrogens (tertiary/aromatic N) is 1. The van der Waals surface area contributed by atoms with E-state index in [0.717, 1.165) is 11.1 Å². The van der Waals surface area contributed by atoms with Crippen LogP contribution >= 0.6 is 11.6 Å². The van der Waals surface area contributed by atoms with E-state index < -0.39 is 22.4 Å². The molecule has 0 aliphatic rings. The Morgan fingerprint density at radius 3 is 2.50 bits per heavy atom. The highest BCUT2D eigenvalue weighted by Gasteiger charge is 2.21. The minimum absolute atomic E-state index is 0.190. The number of carbonyl (C=O) groups excluding carboxylic acids is 1. The molecule has 32 heavy (non-hydrogen) atoms. The van der Waals surface area contributed by atoms with Crippen LogP contribution in [0.5, 0.6) is 11.5 Å². The Morgan fingerprint density at radius 1 is 1.16 bits per heavy atom. The molecule has 0 saturated carbocycles. The fraction of sp³-hybridized carbons (Fsp3) is 0.348. The quantitative estimate of drug-likeness (QED) is 0.559. The van der Waals surface area contributed by atoms with Crippen LogP contribution in [0.4, 0.5) is 0 Å². The van der Waals surface area contributed by atoms with Crippen molar-refractivity contribution >= 4 is 28.0 Å². The molecule has 1 amide bonds. The zero-order valence-corrected chi connectivity index (χ0v) is 19.7. The van der Waals surface area contributed by atoms with Crippen molar-refractivity contribution in [3.8, 4) is 23.3 Å². The van der Waals surface area contributed by atoms with Crippen LogP contribution in [0.2, 0.25) is 5.02 Å². The lowest BCUT2D eigenvalue weighted by molar-refractivity contribution is -0.123. The summed E-state index contributed by atoms with van der Waals surface area (Å²) in [5, 5.41) is 3.38. The lowest BCUT2D eigenvalue weighted by Gasteiger charge is -2.14. The third-order valence-electron chi connectivity index (χ3n) is 4.42. The van der Waals surface area contributed by atoms with Crippen LogP contribution in [0.1, 0.15) is 25.0 Å². The van der Waals surface area contributed by atoms with Crippen molar-refractivity contribution in [3.05, 3.63) is 58.6 Å². The molecule has 0 saturated heterocycles. The van der Waals surface area contributed by atoms with Crippen LogP contribution in [0, 0.1) is 17.8 Å². The summed E-state index contributed by atoms with van der Waals surface area (Å²) in [6.07, 6.45) is 0.532. The Hall–Kier alpha value is -3.02. The zero-order valence-electron chi connectivity index (χ0n) is 18.1. The fourth-order valence-corrected chi connectivity index (χ4v) is 3.42. The van der Waals surface area contributed by atoms with Crippen LogP contribution in [-0.2, 0) is 21.7 Å². The average Bonchev–Trinajstić information content (AvgIpc) is 2.76. The van der Waals surface area contributed by atoms with Crippen molar-refractivity contribution < 1.29 is 22.7 Å². The fourth-order valence-electron chi connectivity index (χ4n) is 2.77. The van der Waals surface area contributed by atoms with Crippen LogP contribution in [0.15, 0.2) is 46.8 Å². The molecule has 1 atom stereocenters. The lowest BCUT2D eigenvalue weighted by Crippen LogP contribution is -2.37. The van der Waals surface area contributed by atoms with Crippen LogP contribution in [-0.4, -0.2) is 40.6 Å². The van der Waals surface area contributed by atoms with Gasteiger partial charge < -0.3 is 14.8 Å². The number of rotatable bonds is 9. The molecular formula is C23H25ClN2O5S. The maximum absolute atomic E-state index is 12.2. The zero-order chi connectivity index (χ0) is 23.5. The molecule has 0 radical (unpaired) electrons. The van der Waals surface area contributed by atoms with Gasteiger partial charge in [-0.2, -0.15) is 12.8 Å². The van der Waals surface area contributed by atoms with Gasteiger partial charge in [-0.25, -0.2) is 0 Å². The summed E-state index contributed by atoms with van der Waals surface area (Å²) >= 11 is 5.86. The molecule has 0 aromatic heterocycles. The number of amides is 1. The van der Waals surface area contributed by atoms with Gasteiger partial charge in [-0.15, -0.1) is 0 Å². The van der Waals surface area contributed by atoms with Crippen molar-refractivity contribution in [1.29, 1.82) is 0 Å². The Bertz CT molecular complexity index is 1110. The molecule has 0 bridgehead atoms. The second-order valence-corrected chi connectivity index (χ2v) is 8.22. The number of hydrogen-bond donors (Lipinski definition) is 1. The first-order valence-corrected chi connectivity index (χ1v) is 11.3. The first-order valence-electron chi connectivity index (χ1n) is 9.92. The SMILES string of the molecule is COc1cc(CCNC(=O)C(N=S(=O)=O)C(C)C)ccc1OCC#Cc1ccc(Cl)cc1. The van der Waals surface area contributed by atoms with Crippen molar-refractivity contribution in [2.45, 2.75) is 26.3 Å². The molecule has 2 rings (SSSR count). The minimum atomic E-state index is -2.63. The van der Waals surface area contributed by atoms with Crippen LogP contribution in [0.25, 0.3) is 0 Å². The molecule has 2 aromatic carbocycles. The highest BCUT2D eigenvalue weighted by Crippen LogP contribution is 2.28. The van der Waals surface area contributed by atoms with Crippen molar-refractivity contribution in [3.63, 3.8) is 0 Å². The number of benzene rings is 2. The molecule has 1 N–H and O–H groups in total. The summed E-state index contributed by atoms with van der Waals surface area (Å²) in [5.41, 5.74) is 1.77. The van der Waals surface area contributed by atoms with Crippen molar-refractivity contribution in [1.82, 2.24) is 5.32 Å². The van der Waals surface area contributed by atoms with Crippen molar-refractivity contribution in [2.75, 3.05) is 20.3 Å². The summed E-state index contributed by atoms with van der Waals surface area (Å²) in [6.45, 7) is 4.00. The second-order valence-electron chi connectivity index (χ2n) is 7.13. The molecule has 0 fully saturated rings. The van der Waals surface area contributed by atoms with E-state index in [-0.39, 0.29) is 12.5 Å². The summed E-state index contributed by atoms with van der Waals surface area (Å²) in [6, 6.07) is 11.8. The first kappa shape index (κ1) is 25.2. The Morgan fingerprint density at radius 2 is 1.88 bits per heavy atom. The topological polar surface area (TPSA) is 94.1 Å². The normalized spacial score (nSPS) is 11.2. The molecule has 0 aliphatic heterocycles. The van der Waals surface area contributed by atoms with E-state index in [4.69, 9.17) is 21.1 Å². The van der Waals surface area contributed by atoms with Gasteiger partial charge in [0.2, 0.25) is 5.91 Å². The second kappa shape index (κ2) is 12.7. The summed E-state index contributed by atoms with van der Waals surface area (Å²) in [4.78, 5) is 12.2. The van der Waals surface area contributed by atoms with E-state index in [1.165, 1.54) is 0 Å². The maximum Gasteiger partial charge on any atom is 0.311 e. The highest BCUT2D eigenvalue weighted by atomic mass is 35.5. The van der Waals surface area contributed by atoms with E-state index in [2.05, 4.69) is 21.5 Å². The van der Waals surface area contributed by atoms with Gasteiger partial charge in [-0.1, -0.05) is 43.4 Å². The lowest BCUT2D eigenvalue weighted by atomic mass is 10.0. The molecule has 170 valence electrons. The third kappa shape index (κ3) is 8.25. The highest BCUT2D eigenvalue weighted by molar-refractivity contribution is 7.61. The Balaban J connectivity index is 1.92. The summed E-state index contributed by atoms with van der Waals surface area (Å²) in [7, 11) is -1.09.